The average Bonchev–Trinajstić information content (AvgIpc) is 3.26. The van der Waals surface area contributed by atoms with Gasteiger partial charge < -0.3 is 9.15 Å². The third-order valence-electron chi connectivity index (χ3n) is 4.78. The largest absolute Gasteiger partial charge is 0.449 e. The van der Waals surface area contributed by atoms with Crippen molar-refractivity contribution < 1.29 is 23.5 Å². The average molecular weight is 420 g/mol. The highest BCUT2D eigenvalue weighted by Gasteiger charge is 2.25. The molecule has 0 aliphatic carbocycles. The summed E-state index contributed by atoms with van der Waals surface area (Å²) in [6.07, 6.45) is -0.442. The Morgan fingerprint density at radius 3 is 2.48 bits per heavy atom. The van der Waals surface area contributed by atoms with Gasteiger partial charge in [-0.2, -0.15) is 0 Å². The molecule has 0 saturated carbocycles. The molecule has 0 spiro atoms. The first-order chi connectivity index (χ1) is 14.9. The Labute approximate surface area is 178 Å². The van der Waals surface area contributed by atoms with Crippen LogP contribution in [0.4, 0.5) is 5.69 Å². The molecule has 4 rings (SSSR count). The maximum atomic E-state index is 12.5. The molecule has 1 N–H and O–H groups in total. The van der Waals surface area contributed by atoms with Crippen LogP contribution < -0.4 is 10.4 Å². The number of nitrogens with one attached hydrogen (secondary N) is 1. The SMILES string of the molecule is Cc1ccc(-c2nnc(C(C)OC(=O)c3ccc(N4NC(=O)CCC4=O)cc3)o2)cc1. The van der Waals surface area contributed by atoms with E-state index >= 15 is 0 Å². The van der Waals surface area contributed by atoms with E-state index in [4.69, 9.17) is 9.15 Å². The van der Waals surface area contributed by atoms with E-state index in [0.29, 0.717) is 11.6 Å². The summed E-state index contributed by atoms with van der Waals surface area (Å²) in [6.45, 7) is 3.62. The topological polar surface area (TPSA) is 115 Å². The van der Waals surface area contributed by atoms with Crippen molar-refractivity contribution in [3.05, 3.63) is 65.5 Å². The lowest BCUT2D eigenvalue weighted by Crippen LogP contribution is -2.50. The van der Waals surface area contributed by atoms with Crippen molar-refractivity contribution in [2.24, 2.45) is 0 Å². The number of carbonyl (C=O) groups is 3. The van der Waals surface area contributed by atoms with Gasteiger partial charge in [-0.1, -0.05) is 17.7 Å². The van der Waals surface area contributed by atoms with Crippen LogP contribution in [0.1, 0.15) is 47.7 Å². The van der Waals surface area contributed by atoms with Gasteiger partial charge in [-0.3, -0.25) is 15.0 Å². The van der Waals surface area contributed by atoms with Gasteiger partial charge in [0.2, 0.25) is 17.7 Å². The van der Waals surface area contributed by atoms with E-state index in [1.807, 2.05) is 31.2 Å². The number of esters is 1. The molecule has 2 aromatic carbocycles. The van der Waals surface area contributed by atoms with Crippen molar-refractivity contribution in [1.29, 1.82) is 0 Å². The number of aryl methyl sites for hydroxylation is 1. The maximum absolute atomic E-state index is 12.5. The molecule has 1 fully saturated rings. The highest BCUT2D eigenvalue weighted by atomic mass is 16.6. The van der Waals surface area contributed by atoms with E-state index in [2.05, 4.69) is 15.6 Å². The minimum Gasteiger partial charge on any atom is -0.449 e. The summed E-state index contributed by atoms with van der Waals surface area (Å²) in [4.78, 5) is 36.0. The number of ether oxygens (including phenoxy) is 1. The van der Waals surface area contributed by atoms with E-state index in [9.17, 15) is 14.4 Å². The Morgan fingerprint density at radius 2 is 1.77 bits per heavy atom. The molecule has 9 nitrogen and oxygen atoms in total. The standard InChI is InChI=1S/C22H20N4O5/c1-13-3-5-15(6-4-13)21-24-23-20(31-21)14(2)30-22(29)16-7-9-17(10-8-16)26-19(28)12-11-18(27)25-26/h3-10,14H,11-12H2,1-2H3,(H,25,27). The molecule has 0 bridgehead atoms. The Bertz CT molecular complexity index is 1120. The van der Waals surface area contributed by atoms with Crippen LogP contribution in [-0.4, -0.2) is 28.0 Å². The number of nitrogens with zero attached hydrogens (tertiary/aromatic N) is 3. The number of hydrogen-bond acceptors (Lipinski definition) is 7. The molecule has 1 atom stereocenters. The second-order valence-electron chi connectivity index (χ2n) is 7.17. The second-order valence-corrected chi connectivity index (χ2v) is 7.17. The van der Waals surface area contributed by atoms with Gasteiger partial charge in [-0.15, -0.1) is 10.2 Å². The van der Waals surface area contributed by atoms with Crippen LogP contribution in [0, 0.1) is 6.92 Å². The zero-order valence-corrected chi connectivity index (χ0v) is 17.0. The molecule has 2 heterocycles. The van der Waals surface area contributed by atoms with Crippen LogP contribution in [0.25, 0.3) is 11.5 Å². The lowest BCUT2D eigenvalue weighted by atomic mass is 10.1. The highest BCUT2D eigenvalue weighted by molar-refractivity contribution is 6.01. The number of rotatable bonds is 5. The van der Waals surface area contributed by atoms with Crippen LogP contribution in [0.2, 0.25) is 0 Å². The number of amides is 2. The fraction of sp³-hybridized carbons (Fsp3) is 0.227. The third-order valence-corrected chi connectivity index (χ3v) is 4.78. The van der Waals surface area contributed by atoms with Crippen molar-refractivity contribution in [3.63, 3.8) is 0 Å². The fourth-order valence-corrected chi connectivity index (χ4v) is 3.02. The molecule has 158 valence electrons. The summed E-state index contributed by atoms with van der Waals surface area (Å²) >= 11 is 0. The van der Waals surface area contributed by atoms with Gasteiger partial charge in [-0.25, -0.2) is 9.80 Å². The van der Waals surface area contributed by atoms with Gasteiger partial charge in [0.05, 0.1) is 11.3 Å². The van der Waals surface area contributed by atoms with E-state index in [1.54, 1.807) is 19.1 Å². The van der Waals surface area contributed by atoms with Crippen LogP contribution in [-0.2, 0) is 14.3 Å². The van der Waals surface area contributed by atoms with Crippen LogP contribution in [0.15, 0.2) is 52.9 Å². The number of hydrazine groups is 1. The fourth-order valence-electron chi connectivity index (χ4n) is 3.02. The molecule has 1 unspecified atom stereocenters. The first kappa shape index (κ1) is 20.3. The van der Waals surface area contributed by atoms with Crippen molar-refractivity contribution in [2.45, 2.75) is 32.8 Å². The van der Waals surface area contributed by atoms with Crippen molar-refractivity contribution in [1.82, 2.24) is 15.6 Å². The predicted molar refractivity (Wildman–Crippen MR) is 110 cm³/mol. The normalized spacial score (nSPS) is 14.8. The van der Waals surface area contributed by atoms with Crippen molar-refractivity contribution in [3.8, 4) is 11.5 Å². The molecular formula is C22H20N4O5. The third kappa shape index (κ3) is 4.45. The van der Waals surface area contributed by atoms with Gasteiger partial charge in [0.1, 0.15) is 0 Å². The molecule has 3 aromatic rings. The number of anilines is 1. The lowest BCUT2D eigenvalue weighted by Gasteiger charge is -2.27. The predicted octanol–water partition coefficient (Wildman–Crippen LogP) is 3.12. The molecule has 1 aliphatic heterocycles. The van der Waals surface area contributed by atoms with Crippen molar-refractivity contribution in [2.75, 3.05) is 5.01 Å². The summed E-state index contributed by atoms with van der Waals surface area (Å²) in [6, 6.07) is 13.8. The zero-order valence-electron chi connectivity index (χ0n) is 17.0. The minimum atomic E-state index is -0.748. The van der Waals surface area contributed by atoms with Gasteiger partial charge in [0.25, 0.3) is 5.89 Å². The summed E-state index contributed by atoms with van der Waals surface area (Å²) < 4.78 is 11.1. The Hall–Kier alpha value is -4.01. The van der Waals surface area contributed by atoms with E-state index < -0.39 is 12.1 Å². The Morgan fingerprint density at radius 1 is 1.06 bits per heavy atom. The molecule has 1 aromatic heterocycles. The smallest absolute Gasteiger partial charge is 0.338 e. The molecule has 1 aliphatic rings. The van der Waals surface area contributed by atoms with Crippen LogP contribution >= 0.6 is 0 Å². The first-order valence-corrected chi connectivity index (χ1v) is 9.74. The highest BCUT2D eigenvalue weighted by Crippen LogP contribution is 2.24. The van der Waals surface area contributed by atoms with E-state index in [-0.39, 0.29) is 36.1 Å². The quantitative estimate of drug-likeness (QED) is 0.631. The Balaban J connectivity index is 1.41. The molecular weight excluding hydrogens is 400 g/mol. The van der Waals surface area contributed by atoms with Gasteiger partial charge >= 0.3 is 5.97 Å². The van der Waals surface area contributed by atoms with Gasteiger partial charge in [-0.05, 0) is 50.2 Å². The van der Waals surface area contributed by atoms with Gasteiger partial charge in [0, 0.05) is 18.4 Å². The molecule has 0 radical (unpaired) electrons. The lowest BCUT2D eigenvalue weighted by molar-refractivity contribution is -0.130. The monoisotopic (exact) mass is 420 g/mol. The Kier molecular flexibility index (Phi) is 5.48. The van der Waals surface area contributed by atoms with Crippen LogP contribution in [0.3, 0.4) is 0 Å². The molecule has 2 amide bonds. The molecule has 9 heteroatoms. The van der Waals surface area contributed by atoms with E-state index in [0.717, 1.165) is 11.1 Å². The number of benzene rings is 2. The van der Waals surface area contributed by atoms with Crippen LogP contribution in [0.5, 0.6) is 0 Å². The van der Waals surface area contributed by atoms with E-state index in [1.165, 1.54) is 17.1 Å². The minimum absolute atomic E-state index is 0.141. The molecule has 1 saturated heterocycles. The summed E-state index contributed by atoms with van der Waals surface area (Å²) in [5.74, 6) is -0.508. The second kappa shape index (κ2) is 8.39. The summed E-state index contributed by atoms with van der Waals surface area (Å²) in [5.41, 5.74) is 5.14. The summed E-state index contributed by atoms with van der Waals surface area (Å²) in [7, 11) is 0. The maximum Gasteiger partial charge on any atom is 0.338 e. The van der Waals surface area contributed by atoms with Crippen molar-refractivity contribution >= 4 is 23.5 Å². The van der Waals surface area contributed by atoms with Gasteiger partial charge in [0.15, 0.2) is 6.10 Å². The number of hydrogen-bond donors (Lipinski definition) is 1. The summed E-state index contributed by atoms with van der Waals surface area (Å²) in [5, 5.41) is 9.16. The number of carbonyl (C=O) groups excluding carboxylic acids is 3. The molecule has 31 heavy (non-hydrogen) atoms. The number of aromatic nitrogens is 2. The first-order valence-electron chi connectivity index (χ1n) is 9.74. The zero-order chi connectivity index (χ0) is 22.0.